The number of rotatable bonds is 0. The van der Waals surface area contributed by atoms with Crippen LogP contribution in [0.5, 0.6) is 0 Å². The molecule has 2 heterocycles. The molecule has 2 aliphatic heterocycles. The molecule has 0 spiro atoms. The van der Waals surface area contributed by atoms with Gasteiger partial charge in [0.1, 0.15) is 0 Å². The monoisotopic (exact) mass is 148 g/mol. The zero-order valence-electron chi connectivity index (χ0n) is 6.44. The smallest absolute Gasteiger partial charge is 0.0645 e. The zero-order chi connectivity index (χ0) is 6.74. The summed E-state index contributed by atoms with van der Waals surface area (Å²) >= 11 is 0. The van der Waals surface area contributed by atoms with E-state index in [0.29, 0.717) is 0 Å². The predicted molar refractivity (Wildman–Crippen MR) is 38.8 cm³/mol. The van der Waals surface area contributed by atoms with Crippen molar-refractivity contribution in [1.82, 2.24) is 0 Å². The number of ether oxygens (including phenoxy) is 1. The molecule has 6 fully saturated rings. The average Bonchev–Trinajstić information content (AvgIpc) is 2.56. The first-order valence-corrected chi connectivity index (χ1v) is 5.10. The molecule has 0 unspecified atom stereocenters. The molecule has 6 bridgehead atoms. The summed E-state index contributed by atoms with van der Waals surface area (Å²) in [6.45, 7) is 0. The van der Waals surface area contributed by atoms with Crippen LogP contribution >= 0.6 is 0 Å². The molecule has 6 aliphatic rings. The van der Waals surface area contributed by atoms with E-state index >= 15 is 0 Å². The molecule has 4 saturated carbocycles. The van der Waals surface area contributed by atoms with E-state index in [4.69, 9.17) is 4.74 Å². The molecule has 1 heteroatoms. The lowest BCUT2D eigenvalue weighted by molar-refractivity contribution is 0.0845. The fraction of sp³-hybridized carbons (Fsp3) is 1.00. The summed E-state index contributed by atoms with van der Waals surface area (Å²) in [5.41, 5.74) is 0. The molecule has 0 amide bonds. The summed E-state index contributed by atoms with van der Waals surface area (Å²) in [5, 5.41) is 0. The van der Waals surface area contributed by atoms with Gasteiger partial charge in [0, 0.05) is 0 Å². The average molecular weight is 148 g/mol. The molecule has 0 radical (unpaired) electrons. The van der Waals surface area contributed by atoms with Crippen LogP contribution in [0.2, 0.25) is 0 Å². The quantitative estimate of drug-likeness (QED) is 0.503. The summed E-state index contributed by atoms with van der Waals surface area (Å²) < 4.78 is 6.07. The molecule has 0 N–H and O–H groups in total. The third-order valence-electron chi connectivity index (χ3n) is 5.53. The molecule has 11 heavy (non-hydrogen) atoms. The van der Waals surface area contributed by atoms with E-state index in [1.165, 1.54) is 0 Å². The fourth-order valence-electron chi connectivity index (χ4n) is 5.63. The highest BCUT2D eigenvalue weighted by Gasteiger charge is 2.78. The molecule has 0 aromatic heterocycles. The van der Waals surface area contributed by atoms with E-state index < -0.39 is 0 Å². The molecule has 8 atom stereocenters. The second kappa shape index (κ2) is 1.10. The number of hydrogen-bond acceptors (Lipinski definition) is 1. The standard InChI is InChI=1S/C10H12O/c1-3-4-2-6-7(3)9-5(1)8(4)10(6)11-9/h3-10H,1-2H2/t3-,4+,5-,6-,7+,8+,9+,10-/m1/s1. The highest BCUT2D eigenvalue weighted by Crippen LogP contribution is 2.77. The van der Waals surface area contributed by atoms with E-state index in [2.05, 4.69) is 0 Å². The molecular weight excluding hydrogens is 136 g/mol. The molecule has 1 nitrogen and oxygen atoms in total. The van der Waals surface area contributed by atoms with Crippen LogP contribution in [0.3, 0.4) is 0 Å². The van der Waals surface area contributed by atoms with Crippen molar-refractivity contribution >= 4 is 0 Å². The van der Waals surface area contributed by atoms with Crippen molar-refractivity contribution in [2.75, 3.05) is 0 Å². The summed E-state index contributed by atoms with van der Waals surface area (Å²) in [5.74, 6) is 6.47. The molecule has 0 aromatic carbocycles. The molecule has 0 aromatic rings. The van der Waals surface area contributed by atoms with Crippen LogP contribution in [0.25, 0.3) is 0 Å². The Labute approximate surface area is 66.1 Å². The fourth-order valence-corrected chi connectivity index (χ4v) is 5.63. The van der Waals surface area contributed by atoms with E-state index in [-0.39, 0.29) is 0 Å². The van der Waals surface area contributed by atoms with Crippen molar-refractivity contribution in [3.8, 4) is 0 Å². The summed E-state index contributed by atoms with van der Waals surface area (Å²) in [7, 11) is 0. The van der Waals surface area contributed by atoms with E-state index in [0.717, 1.165) is 47.7 Å². The Morgan fingerprint density at radius 2 is 1.27 bits per heavy atom. The maximum Gasteiger partial charge on any atom is 0.0645 e. The maximum atomic E-state index is 6.07. The van der Waals surface area contributed by atoms with Gasteiger partial charge in [-0.3, -0.25) is 0 Å². The maximum absolute atomic E-state index is 6.07. The van der Waals surface area contributed by atoms with Gasteiger partial charge in [-0.2, -0.15) is 0 Å². The predicted octanol–water partition coefficient (Wildman–Crippen LogP) is 1.29. The second-order valence-corrected chi connectivity index (χ2v) is 5.35. The van der Waals surface area contributed by atoms with Crippen LogP contribution in [0.4, 0.5) is 0 Å². The normalized spacial score (nSPS) is 85.1. The minimum Gasteiger partial charge on any atom is -0.374 e. The Morgan fingerprint density at radius 1 is 0.727 bits per heavy atom. The lowest BCUT2D eigenvalue weighted by Crippen LogP contribution is -2.35. The largest absolute Gasteiger partial charge is 0.374 e. The van der Waals surface area contributed by atoms with Gasteiger partial charge in [-0.1, -0.05) is 0 Å². The molecule has 58 valence electrons. The van der Waals surface area contributed by atoms with Crippen LogP contribution in [-0.2, 0) is 4.74 Å². The van der Waals surface area contributed by atoms with E-state index in [9.17, 15) is 0 Å². The van der Waals surface area contributed by atoms with Gasteiger partial charge in [0.25, 0.3) is 0 Å². The van der Waals surface area contributed by atoms with Gasteiger partial charge in [-0.15, -0.1) is 0 Å². The third-order valence-corrected chi connectivity index (χ3v) is 5.53. The lowest BCUT2D eigenvalue weighted by Gasteiger charge is -2.30. The minimum absolute atomic E-state index is 0.763. The Morgan fingerprint density at radius 3 is 1.82 bits per heavy atom. The topological polar surface area (TPSA) is 9.23 Å². The van der Waals surface area contributed by atoms with Gasteiger partial charge in [-0.25, -0.2) is 0 Å². The first-order valence-electron chi connectivity index (χ1n) is 5.10. The van der Waals surface area contributed by atoms with Crippen LogP contribution in [-0.4, -0.2) is 12.2 Å². The highest BCUT2D eigenvalue weighted by molar-refractivity contribution is 5.25. The van der Waals surface area contributed by atoms with Gasteiger partial charge in [0.2, 0.25) is 0 Å². The highest BCUT2D eigenvalue weighted by atomic mass is 16.5. The minimum atomic E-state index is 0.763. The van der Waals surface area contributed by atoms with Crippen molar-refractivity contribution in [2.24, 2.45) is 35.5 Å². The molecule has 6 rings (SSSR count). The van der Waals surface area contributed by atoms with Gasteiger partial charge < -0.3 is 4.74 Å². The van der Waals surface area contributed by atoms with E-state index in [1.807, 2.05) is 0 Å². The lowest BCUT2D eigenvalue weighted by atomic mass is 9.71. The molecule has 4 aliphatic carbocycles. The van der Waals surface area contributed by atoms with Crippen LogP contribution in [0.15, 0.2) is 0 Å². The number of hydrogen-bond donors (Lipinski definition) is 0. The Hall–Kier alpha value is -0.0400. The van der Waals surface area contributed by atoms with Gasteiger partial charge in [0.05, 0.1) is 12.2 Å². The summed E-state index contributed by atoms with van der Waals surface area (Å²) in [6, 6.07) is 0. The SMILES string of the molecule is C1[C@@H]2[C@@H]3C[C@H]4[C@H]5O[C@@H]([C@H]1[C@H]35)[C@@H]24. The van der Waals surface area contributed by atoms with Crippen molar-refractivity contribution in [2.45, 2.75) is 25.0 Å². The van der Waals surface area contributed by atoms with Gasteiger partial charge in [-0.05, 0) is 48.3 Å². The summed E-state index contributed by atoms with van der Waals surface area (Å²) in [6.07, 6.45) is 4.63. The van der Waals surface area contributed by atoms with Gasteiger partial charge in [0.15, 0.2) is 0 Å². The van der Waals surface area contributed by atoms with Crippen LogP contribution in [0, 0.1) is 35.5 Å². The van der Waals surface area contributed by atoms with Crippen molar-refractivity contribution in [1.29, 1.82) is 0 Å². The Balaban J connectivity index is 1.94. The first-order chi connectivity index (χ1) is 5.45. The first kappa shape index (κ1) is 4.86. The van der Waals surface area contributed by atoms with Crippen LogP contribution in [0.1, 0.15) is 12.8 Å². The van der Waals surface area contributed by atoms with Crippen molar-refractivity contribution < 1.29 is 4.74 Å². The van der Waals surface area contributed by atoms with Crippen molar-refractivity contribution in [3.63, 3.8) is 0 Å². The van der Waals surface area contributed by atoms with Crippen LogP contribution < -0.4 is 0 Å². The molecule has 2 saturated heterocycles. The Kier molecular flexibility index (Phi) is 0.486. The second-order valence-electron chi connectivity index (χ2n) is 5.35. The van der Waals surface area contributed by atoms with Crippen molar-refractivity contribution in [3.05, 3.63) is 0 Å². The summed E-state index contributed by atoms with van der Waals surface area (Å²) in [4.78, 5) is 0. The molecular formula is C10H12O. The zero-order valence-corrected chi connectivity index (χ0v) is 6.44. The van der Waals surface area contributed by atoms with Gasteiger partial charge >= 0.3 is 0 Å². The van der Waals surface area contributed by atoms with E-state index in [1.54, 1.807) is 12.8 Å². The third kappa shape index (κ3) is 0.274. The Bertz CT molecular complexity index is 195.